The molecule has 4 aromatic rings. The van der Waals surface area contributed by atoms with Crippen molar-refractivity contribution < 1.29 is 14.6 Å². The van der Waals surface area contributed by atoms with Gasteiger partial charge in [0, 0.05) is 5.56 Å². The fraction of sp³-hybridized carbons (Fsp3) is 0.231. The number of aromatic amines is 1. The number of halogens is 1. The van der Waals surface area contributed by atoms with Crippen LogP contribution in [0.3, 0.4) is 0 Å². The van der Waals surface area contributed by atoms with Crippen molar-refractivity contribution in [2.45, 2.75) is 31.8 Å². The normalized spacial score (nSPS) is 17.9. The summed E-state index contributed by atoms with van der Waals surface area (Å²) in [7, 11) is 0. The highest BCUT2D eigenvalue weighted by molar-refractivity contribution is 6.33. The highest BCUT2D eigenvalue weighted by Gasteiger charge is 2.27. The van der Waals surface area contributed by atoms with E-state index in [1.807, 2.05) is 36.4 Å². The van der Waals surface area contributed by atoms with E-state index in [0.717, 1.165) is 16.7 Å². The molecule has 2 heterocycles. The monoisotopic (exact) mass is 472 g/mol. The number of pyridine rings is 1. The fourth-order valence-electron chi connectivity index (χ4n) is 4.30. The van der Waals surface area contributed by atoms with Crippen molar-refractivity contribution >= 4 is 28.7 Å². The van der Waals surface area contributed by atoms with Gasteiger partial charge in [-0.15, -0.1) is 0 Å². The van der Waals surface area contributed by atoms with Crippen LogP contribution in [0.4, 0.5) is 0 Å². The summed E-state index contributed by atoms with van der Waals surface area (Å²) in [5, 5.41) is 18.6. The molecule has 8 heteroatoms. The molecule has 1 saturated carbocycles. The number of rotatable bonds is 5. The van der Waals surface area contributed by atoms with E-state index in [9.17, 15) is 4.79 Å². The third-order valence-electron chi connectivity index (χ3n) is 6.21. The van der Waals surface area contributed by atoms with E-state index in [1.54, 1.807) is 18.2 Å². The molecule has 1 aliphatic rings. The van der Waals surface area contributed by atoms with Gasteiger partial charge in [-0.25, -0.2) is 4.98 Å². The molecule has 0 saturated heterocycles. The third kappa shape index (κ3) is 4.45. The molecule has 0 aliphatic heterocycles. The van der Waals surface area contributed by atoms with Crippen molar-refractivity contribution in [3.05, 3.63) is 65.2 Å². The highest BCUT2D eigenvalue weighted by atomic mass is 35.5. The molecule has 34 heavy (non-hydrogen) atoms. The molecule has 0 unspecified atom stereocenters. The minimum atomic E-state index is -0.738. The number of aromatic nitrogens is 3. The zero-order valence-corrected chi connectivity index (χ0v) is 18.9. The van der Waals surface area contributed by atoms with Crippen LogP contribution in [0.15, 0.2) is 54.6 Å². The maximum Gasteiger partial charge on any atom is 0.306 e. The number of H-pyrrole nitrogens is 1. The van der Waals surface area contributed by atoms with Crippen molar-refractivity contribution in [3.8, 4) is 34.5 Å². The van der Waals surface area contributed by atoms with E-state index < -0.39 is 5.97 Å². The maximum atomic E-state index is 11.1. The summed E-state index contributed by atoms with van der Waals surface area (Å²) >= 11 is 6.54. The van der Waals surface area contributed by atoms with E-state index in [-0.39, 0.29) is 12.0 Å². The topological polar surface area (TPSA) is 112 Å². The summed E-state index contributed by atoms with van der Waals surface area (Å²) in [5.74, 6) is -1.03. The number of nitrogens with one attached hydrogen (secondary N) is 1. The summed E-state index contributed by atoms with van der Waals surface area (Å²) in [4.78, 5) is 23.4. The lowest BCUT2D eigenvalue weighted by Crippen LogP contribution is -2.28. The molecule has 2 aromatic carbocycles. The minimum Gasteiger partial charge on any atom is -0.481 e. The zero-order valence-electron chi connectivity index (χ0n) is 18.2. The predicted molar refractivity (Wildman–Crippen MR) is 128 cm³/mol. The second kappa shape index (κ2) is 9.16. The number of hydrogen-bond donors (Lipinski definition) is 2. The van der Waals surface area contributed by atoms with Crippen LogP contribution in [0.25, 0.3) is 33.5 Å². The number of hydrogen-bond acceptors (Lipinski definition) is 5. The Hall–Kier alpha value is -3.89. The van der Waals surface area contributed by atoms with Crippen LogP contribution in [-0.4, -0.2) is 32.1 Å². The maximum absolute atomic E-state index is 11.1. The van der Waals surface area contributed by atoms with Crippen LogP contribution in [-0.2, 0) is 4.79 Å². The molecule has 0 radical (unpaired) electrons. The molecule has 7 nitrogen and oxygen atoms in total. The van der Waals surface area contributed by atoms with Crippen LogP contribution < -0.4 is 4.74 Å². The smallest absolute Gasteiger partial charge is 0.306 e. The Morgan fingerprint density at radius 2 is 1.62 bits per heavy atom. The molecule has 2 N–H and O–H groups in total. The number of nitriles is 1. The number of carboxylic acids is 1. The molecular weight excluding hydrogens is 452 g/mol. The van der Waals surface area contributed by atoms with Crippen molar-refractivity contribution in [1.29, 1.82) is 5.26 Å². The van der Waals surface area contributed by atoms with Gasteiger partial charge in [0.25, 0.3) is 6.01 Å². The first-order chi connectivity index (χ1) is 16.5. The van der Waals surface area contributed by atoms with Crippen LogP contribution >= 0.6 is 11.6 Å². The molecule has 0 bridgehead atoms. The van der Waals surface area contributed by atoms with Gasteiger partial charge in [0.2, 0.25) is 0 Å². The van der Waals surface area contributed by atoms with Crippen LogP contribution in [0.1, 0.15) is 31.2 Å². The minimum absolute atomic E-state index is 0.0686. The fourth-order valence-corrected chi connectivity index (χ4v) is 4.56. The summed E-state index contributed by atoms with van der Waals surface area (Å²) in [5.41, 5.74) is 5.34. The summed E-state index contributed by atoms with van der Waals surface area (Å²) in [6, 6.07) is 19.6. The van der Waals surface area contributed by atoms with Gasteiger partial charge in [-0.3, -0.25) is 4.79 Å². The Morgan fingerprint density at radius 3 is 2.24 bits per heavy atom. The van der Waals surface area contributed by atoms with Crippen molar-refractivity contribution in [2.24, 2.45) is 5.92 Å². The molecule has 2 aromatic heterocycles. The van der Waals surface area contributed by atoms with Gasteiger partial charge < -0.3 is 14.8 Å². The number of carboxylic acid groups (broad SMARTS) is 1. The number of carbonyl (C=O) groups is 1. The van der Waals surface area contributed by atoms with E-state index in [4.69, 9.17) is 26.7 Å². The number of nitrogens with zero attached hydrogens (tertiary/aromatic N) is 3. The Labute approximate surface area is 201 Å². The predicted octanol–water partition coefficient (Wildman–Crippen LogP) is 5.84. The highest BCUT2D eigenvalue weighted by Crippen LogP contribution is 2.32. The molecule has 0 atom stereocenters. The lowest BCUT2D eigenvalue weighted by Gasteiger charge is -2.25. The van der Waals surface area contributed by atoms with Crippen molar-refractivity contribution in [2.75, 3.05) is 0 Å². The van der Waals surface area contributed by atoms with Gasteiger partial charge in [0.15, 0.2) is 5.65 Å². The molecule has 1 aliphatic carbocycles. The standard InChI is InChI=1S/C26H21ClN4O3/c27-21-13-22-24(31-26(29-22)34-20-11-9-19(10-12-20)25(32)33)30-23(21)18-7-5-17(6-8-18)16-3-1-15(14-28)2-4-16/h1-8,13,19-20H,9-12H2,(H,32,33)(H,29,30,31)/t19-,20-. The first-order valence-electron chi connectivity index (χ1n) is 11.1. The lowest BCUT2D eigenvalue weighted by atomic mass is 9.87. The van der Waals surface area contributed by atoms with Gasteiger partial charge in [-0.1, -0.05) is 48.0 Å². The Morgan fingerprint density at radius 1 is 1.00 bits per heavy atom. The van der Waals surface area contributed by atoms with Gasteiger partial charge >= 0.3 is 5.97 Å². The lowest BCUT2D eigenvalue weighted by molar-refractivity contribution is -0.143. The van der Waals surface area contributed by atoms with E-state index in [1.165, 1.54) is 0 Å². The van der Waals surface area contributed by atoms with Gasteiger partial charge in [0.1, 0.15) is 6.10 Å². The SMILES string of the molecule is N#Cc1ccc(-c2ccc(-c3nc4nc(O[C@H]5CC[C@H](C(=O)O)CC5)[nH]c4cc3Cl)cc2)cc1. The van der Waals surface area contributed by atoms with Gasteiger partial charge in [-0.05, 0) is 55.0 Å². The Balaban J connectivity index is 1.34. The van der Waals surface area contributed by atoms with Crippen molar-refractivity contribution in [3.63, 3.8) is 0 Å². The number of aliphatic carboxylic acids is 1. The largest absolute Gasteiger partial charge is 0.481 e. The Bertz CT molecular complexity index is 1380. The average Bonchev–Trinajstić information content (AvgIpc) is 3.25. The molecule has 0 spiro atoms. The summed E-state index contributed by atoms with van der Waals surface area (Å²) in [6.07, 6.45) is 2.50. The summed E-state index contributed by atoms with van der Waals surface area (Å²) < 4.78 is 5.97. The second-order valence-corrected chi connectivity index (χ2v) is 8.84. The first-order valence-corrected chi connectivity index (χ1v) is 11.4. The quantitative estimate of drug-likeness (QED) is 0.377. The third-order valence-corrected chi connectivity index (χ3v) is 6.50. The molecule has 170 valence electrons. The molecule has 0 amide bonds. The van der Waals surface area contributed by atoms with Crippen LogP contribution in [0, 0.1) is 17.2 Å². The number of benzene rings is 2. The van der Waals surface area contributed by atoms with E-state index in [0.29, 0.717) is 59.1 Å². The van der Waals surface area contributed by atoms with Crippen LogP contribution in [0.5, 0.6) is 6.01 Å². The molecular formula is C26H21ClN4O3. The van der Waals surface area contributed by atoms with E-state index in [2.05, 4.69) is 21.0 Å². The molecule has 5 rings (SSSR count). The summed E-state index contributed by atoms with van der Waals surface area (Å²) in [6.45, 7) is 0. The number of fused-ring (bicyclic) bond motifs is 1. The Kier molecular flexibility index (Phi) is 5.91. The second-order valence-electron chi connectivity index (χ2n) is 8.43. The van der Waals surface area contributed by atoms with E-state index >= 15 is 0 Å². The average molecular weight is 473 g/mol. The van der Waals surface area contributed by atoms with Gasteiger partial charge in [0.05, 0.1) is 33.8 Å². The first kappa shape index (κ1) is 21.9. The van der Waals surface area contributed by atoms with Crippen LogP contribution in [0.2, 0.25) is 5.02 Å². The van der Waals surface area contributed by atoms with Crippen molar-refractivity contribution in [1.82, 2.24) is 15.0 Å². The number of ether oxygens (including phenoxy) is 1. The zero-order chi connectivity index (χ0) is 23.7. The molecule has 1 fully saturated rings. The number of imidazole rings is 1. The van der Waals surface area contributed by atoms with Gasteiger partial charge in [-0.2, -0.15) is 10.2 Å².